The Morgan fingerprint density at radius 1 is 1.62 bits per heavy atom. The van der Waals surface area contributed by atoms with Crippen LogP contribution in [0.4, 0.5) is 5.82 Å². The van der Waals surface area contributed by atoms with E-state index in [0.717, 1.165) is 0 Å². The second-order valence-electron chi connectivity index (χ2n) is 3.68. The summed E-state index contributed by atoms with van der Waals surface area (Å²) in [5.41, 5.74) is 5.47. The zero-order valence-electron chi connectivity index (χ0n) is 8.61. The highest BCUT2D eigenvalue weighted by Crippen LogP contribution is 2.26. The first-order valence-corrected chi connectivity index (χ1v) is 4.33. The van der Waals surface area contributed by atoms with E-state index >= 15 is 0 Å². The van der Waals surface area contributed by atoms with Gasteiger partial charge in [-0.2, -0.15) is 5.10 Å². The molecule has 1 aromatic heterocycles. The predicted molar refractivity (Wildman–Crippen MR) is 52.4 cm³/mol. The summed E-state index contributed by atoms with van der Waals surface area (Å²) in [6, 6.07) is 1.90. The zero-order chi connectivity index (χ0) is 10.1. The summed E-state index contributed by atoms with van der Waals surface area (Å²) in [5.74, 6) is 0.664. The van der Waals surface area contributed by atoms with Crippen molar-refractivity contribution in [3.63, 3.8) is 0 Å². The molecule has 4 heteroatoms. The number of anilines is 1. The molecule has 0 bridgehead atoms. The number of ether oxygens (including phenoxy) is 1. The molecule has 4 nitrogen and oxygen atoms in total. The smallest absolute Gasteiger partial charge is 0.122 e. The fourth-order valence-corrected chi connectivity index (χ4v) is 1.11. The van der Waals surface area contributed by atoms with Crippen molar-refractivity contribution in [3.8, 4) is 0 Å². The SMILES string of the molecule is COC(C)(C)C(C)n1nccc1N. The third-order valence-electron chi connectivity index (χ3n) is 2.60. The van der Waals surface area contributed by atoms with Crippen LogP contribution in [0.2, 0.25) is 0 Å². The quantitative estimate of drug-likeness (QED) is 0.771. The van der Waals surface area contributed by atoms with E-state index in [9.17, 15) is 0 Å². The average molecular weight is 183 g/mol. The van der Waals surface area contributed by atoms with Crippen LogP contribution in [0, 0.1) is 0 Å². The van der Waals surface area contributed by atoms with E-state index < -0.39 is 0 Å². The standard InChI is InChI=1S/C9H17N3O/c1-7(9(2,3)13-4)12-8(10)5-6-11-12/h5-7H,10H2,1-4H3. The van der Waals surface area contributed by atoms with Crippen LogP contribution in [0.1, 0.15) is 26.8 Å². The average Bonchev–Trinajstić information content (AvgIpc) is 2.50. The Hall–Kier alpha value is -1.03. The van der Waals surface area contributed by atoms with Gasteiger partial charge in [-0.05, 0) is 26.8 Å². The van der Waals surface area contributed by atoms with Crippen molar-refractivity contribution in [1.82, 2.24) is 9.78 Å². The van der Waals surface area contributed by atoms with Gasteiger partial charge in [-0.1, -0.05) is 0 Å². The fourth-order valence-electron chi connectivity index (χ4n) is 1.11. The molecule has 1 atom stereocenters. The monoisotopic (exact) mass is 183 g/mol. The van der Waals surface area contributed by atoms with Gasteiger partial charge in [0.15, 0.2) is 0 Å². The number of rotatable bonds is 3. The largest absolute Gasteiger partial charge is 0.384 e. The summed E-state index contributed by atoms with van der Waals surface area (Å²) in [6.45, 7) is 6.06. The Kier molecular flexibility index (Phi) is 2.61. The molecule has 0 aliphatic carbocycles. The molecule has 2 N–H and O–H groups in total. The summed E-state index contributed by atoms with van der Waals surface area (Å²) in [7, 11) is 1.69. The molecule has 0 spiro atoms. The number of hydrogen-bond acceptors (Lipinski definition) is 3. The van der Waals surface area contributed by atoms with Crippen molar-refractivity contribution >= 4 is 5.82 Å². The minimum atomic E-state index is -0.264. The van der Waals surface area contributed by atoms with Crippen molar-refractivity contribution in [3.05, 3.63) is 12.3 Å². The summed E-state index contributed by atoms with van der Waals surface area (Å²) in [6.07, 6.45) is 1.69. The molecular weight excluding hydrogens is 166 g/mol. The Labute approximate surface area is 78.7 Å². The minimum absolute atomic E-state index is 0.118. The topological polar surface area (TPSA) is 53.1 Å². The van der Waals surface area contributed by atoms with Gasteiger partial charge in [0.1, 0.15) is 5.82 Å². The van der Waals surface area contributed by atoms with E-state index in [1.165, 1.54) is 0 Å². The number of methoxy groups -OCH3 is 1. The van der Waals surface area contributed by atoms with Gasteiger partial charge < -0.3 is 10.5 Å². The molecule has 1 heterocycles. The number of nitrogen functional groups attached to an aromatic ring is 1. The van der Waals surface area contributed by atoms with Crippen molar-refractivity contribution in [2.24, 2.45) is 0 Å². The van der Waals surface area contributed by atoms with Gasteiger partial charge >= 0.3 is 0 Å². The molecule has 0 saturated heterocycles. The lowest BCUT2D eigenvalue weighted by Crippen LogP contribution is -2.34. The highest BCUT2D eigenvalue weighted by Gasteiger charge is 2.28. The molecule has 74 valence electrons. The van der Waals surface area contributed by atoms with Crippen LogP contribution >= 0.6 is 0 Å². The van der Waals surface area contributed by atoms with Crippen LogP contribution in [-0.4, -0.2) is 22.5 Å². The number of aromatic nitrogens is 2. The second kappa shape index (κ2) is 3.38. The summed E-state index contributed by atoms with van der Waals surface area (Å²) < 4.78 is 7.13. The number of nitrogens with zero attached hydrogens (tertiary/aromatic N) is 2. The summed E-state index contributed by atoms with van der Waals surface area (Å²) in [4.78, 5) is 0. The molecule has 0 aliphatic rings. The van der Waals surface area contributed by atoms with Gasteiger partial charge in [-0.25, -0.2) is 4.68 Å². The van der Waals surface area contributed by atoms with Crippen LogP contribution in [0.5, 0.6) is 0 Å². The van der Waals surface area contributed by atoms with Crippen molar-refractivity contribution in [1.29, 1.82) is 0 Å². The Bertz CT molecular complexity index is 280. The van der Waals surface area contributed by atoms with Gasteiger partial charge in [-0.15, -0.1) is 0 Å². The molecule has 1 aromatic rings. The van der Waals surface area contributed by atoms with Crippen LogP contribution in [0.15, 0.2) is 12.3 Å². The van der Waals surface area contributed by atoms with Gasteiger partial charge in [0.2, 0.25) is 0 Å². The van der Waals surface area contributed by atoms with Crippen molar-refractivity contribution < 1.29 is 4.74 Å². The van der Waals surface area contributed by atoms with E-state index in [1.54, 1.807) is 24.1 Å². The van der Waals surface area contributed by atoms with E-state index in [4.69, 9.17) is 10.5 Å². The number of nitrogens with two attached hydrogens (primary N) is 1. The molecule has 0 saturated carbocycles. The molecule has 0 aromatic carbocycles. The Balaban J connectivity index is 2.91. The van der Waals surface area contributed by atoms with Crippen LogP contribution in [-0.2, 0) is 4.74 Å². The van der Waals surface area contributed by atoms with Crippen LogP contribution < -0.4 is 5.73 Å². The fraction of sp³-hybridized carbons (Fsp3) is 0.667. The van der Waals surface area contributed by atoms with E-state index in [0.29, 0.717) is 5.82 Å². The Morgan fingerprint density at radius 3 is 2.62 bits per heavy atom. The molecule has 0 fully saturated rings. The lowest BCUT2D eigenvalue weighted by molar-refractivity contribution is -0.0194. The predicted octanol–water partition coefficient (Wildman–Crippen LogP) is 1.45. The molecule has 0 radical (unpaired) electrons. The normalized spacial score (nSPS) is 14.5. The lowest BCUT2D eigenvalue weighted by Gasteiger charge is -2.30. The van der Waals surface area contributed by atoms with Crippen molar-refractivity contribution in [2.75, 3.05) is 12.8 Å². The second-order valence-corrected chi connectivity index (χ2v) is 3.68. The highest BCUT2D eigenvalue weighted by molar-refractivity contribution is 5.27. The van der Waals surface area contributed by atoms with Gasteiger partial charge in [-0.3, -0.25) is 0 Å². The first-order chi connectivity index (χ1) is 5.99. The summed E-state index contributed by atoms with van der Waals surface area (Å²) in [5, 5.41) is 4.14. The maximum atomic E-state index is 5.74. The molecule has 0 aliphatic heterocycles. The molecule has 1 rings (SSSR count). The highest BCUT2D eigenvalue weighted by atomic mass is 16.5. The van der Waals surface area contributed by atoms with E-state index in [1.807, 2.05) is 20.8 Å². The molecule has 0 amide bonds. The van der Waals surface area contributed by atoms with Gasteiger partial charge in [0.25, 0.3) is 0 Å². The maximum absolute atomic E-state index is 5.74. The van der Waals surface area contributed by atoms with Crippen LogP contribution in [0.3, 0.4) is 0 Å². The first-order valence-electron chi connectivity index (χ1n) is 4.33. The van der Waals surface area contributed by atoms with Crippen molar-refractivity contribution in [2.45, 2.75) is 32.4 Å². The zero-order valence-corrected chi connectivity index (χ0v) is 8.61. The minimum Gasteiger partial charge on any atom is -0.384 e. The van der Waals surface area contributed by atoms with Gasteiger partial charge in [0, 0.05) is 7.11 Å². The molecule has 1 unspecified atom stereocenters. The molecule has 13 heavy (non-hydrogen) atoms. The van der Waals surface area contributed by atoms with E-state index in [2.05, 4.69) is 5.10 Å². The summed E-state index contributed by atoms with van der Waals surface area (Å²) >= 11 is 0. The third kappa shape index (κ3) is 1.83. The Morgan fingerprint density at radius 2 is 2.23 bits per heavy atom. The number of hydrogen-bond donors (Lipinski definition) is 1. The van der Waals surface area contributed by atoms with E-state index in [-0.39, 0.29) is 11.6 Å². The van der Waals surface area contributed by atoms with Gasteiger partial charge in [0.05, 0.1) is 17.8 Å². The third-order valence-corrected chi connectivity index (χ3v) is 2.60. The first kappa shape index (κ1) is 10.1. The molecular formula is C9H17N3O. The van der Waals surface area contributed by atoms with Crippen LogP contribution in [0.25, 0.3) is 0 Å². The lowest BCUT2D eigenvalue weighted by atomic mass is 10.0. The maximum Gasteiger partial charge on any atom is 0.122 e.